The zero-order chi connectivity index (χ0) is 16.5. The summed E-state index contributed by atoms with van der Waals surface area (Å²) in [6, 6.07) is 5.20. The molecule has 0 radical (unpaired) electrons. The van der Waals surface area contributed by atoms with E-state index in [-0.39, 0.29) is 16.5 Å². The van der Waals surface area contributed by atoms with Crippen molar-refractivity contribution in [2.45, 2.75) is 52.8 Å². The highest BCUT2D eigenvalue weighted by atomic mass is 19.4. The third-order valence-electron chi connectivity index (χ3n) is 2.90. The molecule has 1 aromatic carbocycles. The van der Waals surface area contributed by atoms with Crippen LogP contribution in [0, 0.1) is 16.7 Å². The first-order valence-electron chi connectivity index (χ1n) is 6.74. The second-order valence-electron chi connectivity index (χ2n) is 7.12. The van der Waals surface area contributed by atoms with E-state index in [1.807, 2.05) is 13.8 Å². The van der Waals surface area contributed by atoms with Gasteiger partial charge in [-0.15, -0.1) is 0 Å². The van der Waals surface area contributed by atoms with Gasteiger partial charge in [-0.05, 0) is 43.9 Å². The average Bonchev–Trinajstić information content (AvgIpc) is 2.22. The lowest BCUT2D eigenvalue weighted by molar-refractivity contribution is -0.137. The van der Waals surface area contributed by atoms with Gasteiger partial charge < -0.3 is 5.32 Å². The molecule has 0 aliphatic rings. The average molecular weight is 298 g/mol. The van der Waals surface area contributed by atoms with Crippen LogP contribution in [-0.4, -0.2) is 5.54 Å². The van der Waals surface area contributed by atoms with Crippen LogP contribution in [0.25, 0.3) is 0 Å². The maximum absolute atomic E-state index is 12.8. The predicted molar refractivity (Wildman–Crippen MR) is 77.9 cm³/mol. The SMILES string of the molecule is CC(C)(C)CC(C)(C)Nc1ccc(C(F)(F)F)c(C#N)c1. The number of nitrogens with zero attached hydrogens (tertiary/aromatic N) is 1. The van der Waals surface area contributed by atoms with Gasteiger partial charge in [-0.3, -0.25) is 0 Å². The first kappa shape index (κ1) is 17.4. The van der Waals surface area contributed by atoms with E-state index in [0.717, 1.165) is 12.5 Å². The number of halogens is 3. The van der Waals surface area contributed by atoms with E-state index in [0.29, 0.717) is 5.69 Å². The van der Waals surface area contributed by atoms with Crippen LogP contribution in [0.1, 0.15) is 52.2 Å². The predicted octanol–water partition coefficient (Wildman–Crippen LogP) is 5.20. The van der Waals surface area contributed by atoms with E-state index >= 15 is 0 Å². The van der Waals surface area contributed by atoms with Crippen LogP contribution in [-0.2, 0) is 6.18 Å². The molecule has 0 aliphatic carbocycles. The van der Waals surface area contributed by atoms with Crippen molar-refractivity contribution < 1.29 is 13.2 Å². The number of hydrogen-bond acceptors (Lipinski definition) is 2. The van der Waals surface area contributed by atoms with Gasteiger partial charge in [-0.1, -0.05) is 20.8 Å². The van der Waals surface area contributed by atoms with Crippen LogP contribution in [0.2, 0.25) is 0 Å². The molecule has 1 rings (SSSR count). The molecule has 0 bridgehead atoms. The fraction of sp³-hybridized carbons (Fsp3) is 0.562. The molecule has 5 heteroatoms. The van der Waals surface area contributed by atoms with Crippen molar-refractivity contribution in [2.24, 2.45) is 5.41 Å². The normalized spacial score (nSPS) is 12.9. The van der Waals surface area contributed by atoms with Crippen molar-refractivity contribution >= 4 is 5.69 Å². The number of hydrogen-bond donors (Lipinski definition) is 1. The number of anilines is 1. The van der Waals surface area contributed by atoms with E-state index in [1.165, 1.54) is 12.1 Å². The third-order valence-corrected chi connectivity index (χ3v) is 2.90. The van der Waals surface area contributed by atoms with Crippen LogP contribution in [0.4, 0.5) is 18.9 Å². The topological polar surface area (TPSA) is 35.8 Å². The fourth-order valence-electron chi connectivity index (χ4n) is 2.72. The second kappa shape index (κ2) is 5.59. The Morgan fingerprint density at radius 1 is 1.10 bits per heavy atom. The van der Waals surface area contributed by atoms with Crippen molar-refractivity contribution in [1.29, 1.82) is 5.26 Å². The van der Waals surface area contributed by atoms with E-state index in [2.05, 4.69) is 26.1 Å². The number of nitrogens with one attached hydrogen (secondary N) is 1. The first-order chi connectivity index (χ1) is 9.34. The molecule has 1 N–H and O–H groups in total. The van der Waals surface area contributed by atoms with Crippen molar-refractivity contribution in [3.8, 4) is 6.07 Å². The van der Waals surface area contributed by atoms with Crippen LogP contribution in [0.5, 0.6) is 0 Å². The lowest BCUT2D eigenvalue weighted by Gasteiger charge is -2.34. The Hall–Kier alpha value is -1.70. The highest BCUT2D eigenvalue weighted by molar-refractivity contribution is 5.54. The molecule has 0 heterocycles. The van der Waals surface area contributed by atoms with Crippen LogP contribution >= 0.6 is 0 Å². The molecule has 0 saturated carbocycles. The highest BCUT2D eigenvalue weighted by Crippen LogP contribution is 2.34. The number of rotatable bonds is 3. The quantitative estimate of drug-likeness (QED) is 0.832. The number of alkyl halides is 3. The Morgan fingerprint density at radius 2 is 1.67 bits per heavy atom. The Bertz CT molecular complexity index is 546. The van der Waals surface area contributed by atoms with Crippen molar-refractivity contribution in [3.63, 3.8) is 0 Å². The van der Waals surface area contributed by atoms with E-state index in [1.54, 1.807) is 6.07 Å². The molecule has 0 aliphatic heterocycles. The van der Waals surface area contributed by atoms with Gasteiger partial charge in [0.25, 0.3) is 0 Å². The Morgan fingerprint density at radius 3 is 2.10 bits per heavy atom. The van der Waals surface area contributed by atoms with Gasteiger partial charge in [0, 0.05) is 11.2 Å². The Balaban J connectivity index is 3.05. The molecule has 0 fully saturated rings. The largest absolute Gasteiger partial charge is 0.417 e. The highest BCUT2D eigenvalue weighted by Gasteiger charge is 2.34. The molecular weight excluding hydrogens is 277 g/mol. The molecule has 1 aromatic rings. The van der Waals surface area contributed by atoms with Crippen molar-refractivity contribution in [3.05, 3.63) is 29.3 Å². The summed E-state index contributed by atoms with van der Waals surface area (Å²) in [5.41, 5.74) is -0.942. The number of benzene rings is 1. The van der Waals surface area contributed by atoms with Crippen LogP contribution in [0.3, 0.4) is 0 Å². The maximum Gasteiger partial charge on any atom is 0.417 e. The minimum atomic E-state index is -4.51. The monoisotopic (exact) mass is 298 g/mol. The summed E-state index contributed by atoms with van der Waals surface area (Å²) in [7, 11) is 0. The molecule has 0 unspecified atom stereocenters. The van der Waals surface area contributed by atoms with Gasteiger partial charge in [0.2, 0.25) is 0 Å². The minimum Gasteiger partial charge on any atom is -0.380 e. The molecule has 21 heavy (non-hydrogen) atoms. The zero-order valence-corrected chi connectivity index (χ0v) is 13.0. The summed E-state index contributed by atoms with van der Waals surface area (Å²) in [5, 5.41) is 12.1. The minimum absolute atomic E-state index is 0.0838. The summed E-state index contributed by atoms with van der Waals surface area (Å²) in [6.45, 7) is 10.3. The van der Waals surface area contributed by atoms with Crippen LogP contribution in [0.15, 0.2) is 18.2 Å². The Labute approximate surface area is 124 Å². The molecule has 116 valence electrons. The standard InChI is InChI=1S/C16H21F3N2/c1-14(2,3)10-15(4,5)21-12-6-7-13(16(17,18)19)11(8-12)9-20/h6-8,21H,10H2,1-5H3. The summed E-state index contributed by atoms with van der Waals surface area (Å²) < 4.78 is 38.3. The van der Waals surface area contributed by atoms with Crippen molar-refractivity contribution in [1.82, 2.24) is 0 Å². The number of nitriles is 1. The maximum atomic E-state index is 12.8. The molecule has 0 spiro atoms. The van der Waals surface area contributed by atoms with Crippen LogP contribution < -0.4 is 5.32 Å². The van der Waals surface area contributed by atoms with Gasteiger partial charge in [-0.2, -0.15) is 18.4 Å². The van der Waals surface area contributed by atoms with Gasteiger partial charge >= 0.3 is 6.18 Å². The van der Waals surface area contributed by atoms with Gasteiger partial charge in [0.05, 0.1) is 17.2 Å². The summed E-state index contributed by atoms with van der Waals surface area (Å²) in [6.07, 6.45) is -3.67. The summed E-state index contributed by atoms with van der Waals surface area (Å²) in [5.74, 6) is 0. The van der Waals surface area contributed by atoms with Gasteiger partial charge in [-0.25, -0.2) is 0 Å². The van der Waals surface area contributed by atoms with E-state index in [9.17, 15) is 13.2 Å². The molecule has 0 aromatic heterocycles. The Kier molecular flexibility index (Phi) is 4.62. The molecule has 0 saturated heterocycles. The van der Waals surface area contributed by atoms with Crippen molar-refractivity contribution in [2.75, 3.05) is 5.32 Å². The lowest BCUT2D eigenvalue weighted by Crippen LogP contribution is -2.35. The summed E-state index contributed by atoms with van der Waals surface area (Å²) in [4.78, 5) is 0. The molecular formula is C16H21F3N2. The molecule has 0 amide bonds. The third kappa shape index (κ3) is 5.30. The van der Waals surface area contributed by atoms with E-state index < -0.39 is 11.7 Å². The fourth-order valence-corrected chi connectivity index (χ4v) is 2.72. The van der Waals surface area contributed by atoms with Gasteiger partial charge in [0.1, 0.15) is 0 Å². The lowest BCUT2D eigenvalue weighted by atomic mass is 9.81. The molecule has 0 atom stereocenters. The summed E-state index contributed by atoms with van der Waals surface area (Å²) >= 11 is 0. The first-order valence-corrected chi connectivity index (χ1v) is 6.74. The van der Waals surface area contributed by atoms with Gasteiger partial charge in [0.15, 0.2) is 0 Å². The zero-order valence-electron chi connectivity index (χ0n) is 13.0. The van der Waals surface area contributed by atoms with E-state index in [4.69, 9.17) is 5.26 Å². The smallest absolute Gasteiger partial charge is 0.380 e. The molecule has 2 nitrogen and oxygen atoms in total. The second-order valence-corrected chi connectivity index (χ2v) is 7.12.